The molecule has 3 aromatic heterocycles. The zero-order valence-electron chi connectivity index (χ0n) is 24.1. The average molecular weight is 546 g/mol. The molecule has 5 aromatic rings. The highest BCUT2D eigenvalue weighted by Gasteiger charge is 2.20. The van der Waals surface area contributed by atoms with Crippen molar-refractivity contribution in [2.24, 2.45) is 7.05 Å². The first kappa shape index (κ1) is 26.5. The summed E-state index contributed by atoms with van der Waals surface area (Å²) in [4.78, 5) is 27.3. The molecule has 6 rings (SSSR count). The molecule has 1 N–H and O–H groups in total. The molecule has 1 saturated heterocycles. The van der Waals surface area contributed by atoms with Crippen molar-refractivity contribution in [3.05, 3.63) is 85.3 Å². The molecule has 8 heteroatoms. The van der Waals surface area contributed by atoms with Crippen molar-refractivity contribution in [2.45, 2.75) is 6.92 Å². The molecule has 0 spiro atoms. The van der Waals surface area contributed by atoms with Crippen LogP contribution in [-0.2, 0) is 11.8 Å². The van der Waals surface area contributed by atoms with Crippen LogP contribution in [0, 0.1) is 6.92 Å². The number of likely N-dealkylation sites (N-methyl/N-ethyl adjacent to an activating group) is 2. The van der Waals surface area contributed by atoms with Crippen molar-refractivity contribution < 1.29 is 4.79 Å². The lowest BCUT2D eigenvalue weighted by atomic mass is 9.97. The molecule has 8 nitrogen and oxygen atoms in total. The molecule has 0 radical (unpaired) electrons. The van der Waals surface area contributed by atoms with Crippen LogP contribution < -0.4 is 9.80 Å². The Morgan fingerprint density at radius 2 is 1.73 bits per heavy atom. The first-order valence-corrected chi connectivity index (χ1v) is 13.9. The van der Waals surface area contributed by atoms with Gasteiger partial charge in [-0.1, -0.05) is 30.8 Å². The Morgan fingerprint density at radius 3 is 2.41 bits per heavy atom. The average Bonchev–Trinajstić information content (AvgIpc) is 3.55. The summed E-state index contributed by atoms with van der Waals surface area (Å²) in [6, 6.07) is 19.0. The minimum absolute atomic E-state index is 0.156. The van der Waals surface area contributed by atoms with Crippen molar-refractivity contribution in [2.75, 3.05) is 50.1 Å². The smallest absolute Gasteiger partial charge is 0.250 e. The van der Waals surface area contributed by atoms with E-state index in [0.29, 0.717) is 0 Å². The Morgan fingerprint density at radius 1 is 0.976 bits per heavy atom. The fourth-order valence-corrected chi connectivity index (χ4v) is 5.55. The summed E-state index contributed by atoms with van der Waals surface area (Å²) in [5.41, 5.74) is 10.1. The van der Waals surface area contributed by atoms with Gasteiger partial charge in [-0.3, -0.25) is 9.48 Å². The number of rotatable bonds is 6. The number of pyridine rings is 1. The monoisotopic (exact) mass is 545 g/mol. The molecule has 0 aliphatic carbocycles. The molecule has 2 aromatic carbocycles. The first-order chi connectivity index (χ1) is 19.8. The van der Waals surface area contributed by atoms with Gasteiger partial charge in [0.25, 0.3) is 0 Å². The van der Waals surface area contributed by atoms with Gasteiger partial charge in [-0.15, -0.1) is 0 Å². The van der Waals surface area contributed by atoms with Crippen LogP contribution in [0.4, 0.5) is 11.4 Å². The van der Waals surface area contributed by atoms with Crippen LogP contribution in [-0.4, -0.2) is 70.8 Å². The summed E-state index contributed by atoms with van der Waals surface area (Å²) in [5.74, 6) is -0.156. The topological polar surface area (TPSA) is 73.3 Å². The number of aryl methyl sites for hydroxylation is 1. The number of nitrogens with one attached hydrogen (secondary N) is 1. The third-order valence-electron chi connectivity index (χ3n) is 8.25. The van der Waals surface area contributed by atoms with E-state index in [4.69, 9.17) is 4.98 Å². The van der Waals surface area contributed by atoms with Crippen LogP contribution in [0.1, 0.15) is 5.69 Å². The standard InChI is InChI=1S/C33H35N7O/c1-6-30(41)38(4)27-9-7-8-24(18-27)31-28-19-25(29-21-35-39(5)22(29)2)20-34-33(28)36-32(31)23-10-12-26(13-11-23)40-16-14-37(3)15-17-40/h6-13,18-21H,1,14-17H2,2-5H3,(H,34,36). The number of hydrogen-bond acceptors (Lipinski definition) is 5. The second-order valence-electron chi connectivity index (χ2n) is 10.8. The quantitative estimate of drug-likeness (QED) is 0.285. The van der Waals surface area contributed by atoms with Crippen LogP contribution in [0.5, 0.6) is 0 Å². The Kier molecular flexibility index (Phi) is 6.93. The van der Waals surface area contributed by atoms with E-state index in [1.54, 1.807) is 11.9 Å². The number of anilines is 2. The number of benzene rings is 2. The molecule has 4 heterocycles. The molecule has 1 aliphatic heterocycles. The lowest BCUT2D eigenvalue weighted by molar-refractivity contribution is -0.113. The van der Waals surface area contributed by atoms with Gasteiger partial charge in [-0.25, -0.2) is 4.98 Å². The second kappa shape index (κ2) is 10.7. The van der Waals surface area contributed by atoms with Crippen LogP contribution in [0.15, 0.2) is 79.6 Å². The second-order valence-corrected chi connectivity index (χ2v) is 10.8. The van der Waals surface area contributed by atoms with E-state index in [9.17, 15) is 4.79 Å². The molecule has 0 bridgehead atoms. The fourth-order valence-electron chi connectivity index (χ4n) is 5.55. The SMILES string of the molecule is C=CC(=O)N(C)c1cccc(-c2c(-c3ccc(N4CCN(C)CC4)cc3)[nH]c3ncc(-c4cnn(C)c4C)cc23)c1. The maximum absolute atomic E-state index is 12.4. The summed E-state index contributed by atoms with van der Waals surface area (Å²) >= 11 is 0. The van der Waals surface area contributed by atoms with Crippen molar-refractivity contribution in [1.82, 2.24) is 24.6 Å². The van der Waals surface area contributed by atoms with Crippen molar-refractivity contribution >= 4 is 28.3 Å². The summed E-state index contributed by atoms with van der Waals surface area (Å²) in [6.07, 6.45) is 5.12. The number of aromatic amines is 1. The summed E-state index contributed by atoms with van der Waals surface area (Å²) in [6.45, 7) is 9.90. The fraction of sp³-hybridized carbons (Fsp3) is 0.242. The number of H-pyrrole nitrogens is 1. The zero-order valence-corrected chi connectivity index (χ0v) is 24.1. The van der Waals surface area contributed by atoms with Crippen LogP contribution in [0.3, 0.4) is 0 Å². The van der Waals surface area contributed by atoms with Gasteiger partial charge in [0.15, 0.2) is 0 Å². The predicted octanol–water partition coefficient (Wildman–Crippen LogP) is 5.51. The summed E-state index contributed by atoms with van der Waals surface area (Å²) < 4.78 is 1.88. The molecule has 1 fully saturated rings. The third kappa shape index (κ3) is 4.91. The van der Waals surface area contributed by atoms with Gasteiger partial charge in [0, 0.05) is 85.6 Å². The van der Waals surface area contributed by atoms with Crippen LogP contribution in [0.25, 0.3) is 44.5 Å². The molecule has 0 atom stereocenters. The number of fused-ring (bicyclic) bond motifs is 1. The number of carbonyl (C=O) groups is 1. The minimum Gasteiger partial charge on any atom is -0.369 e. The van der Waals surface area contributed by atoms with Gasteiger partial charge in [-0.2, -0.15) is 5.10 Å². The Labute approximate surface area is 240 Å². The molecule has 0 saturated carbocycles. The van der Waals surface area contributed by atoms with Crippen LogP contribution >= 0.6 is 0 Å². The van der Waals surface area contributed by atoms with Gasteiger partial charge in [-0.05, 0) is 61.5 Å². The highest BCUT2D eigenvalue weighted by atomic mass is 16.2. The van der Waals surface area contributed by atoms with Crippen LogP contribution in [0.2, 0.25) is 0 Å². The molecular formula is C33H35N7O. The summed E-state index contributed by atoms with van der Waals surface area (Å²) in [7, 11) is 5.89. The normalized spacial score (nSPS) is 14.0. The molecule has 0 unspecified atom stereocenters. The van der Waals surface area contributed by atoms with E-state index >= 15 is 0 Å². The van der Waals surface area contributed by atoms with Gasteiger partial charge >= 0.3 is 0 Å². The lowest BCUT2D eigenvalue weighted by Gasteiger charge is -2.34. The maximum atomic E-state index is 12.4. The number of amides is 1. The maximum Gasteiger partial charge on any atom is 0.250 e. The molecule has 41 heavy (non-hydrogen) atoms. The Bertz CT molecular complexity index is 1740. The first-order valence-electron chi connectivity index (χ1n) is 13.9. The van der Waals surface area contributed by atoms with E-state index in [-0.39, 0.29) is 5.91 Å². The highest BCUT2D eigenvalue weighted by molar-refractivity contribution is 6.05. The Hall–Kier alpha value is -4.69. The lowest BCUT2D eigenvalue weighted by Crippen LogP contribution is -2.44. The van der Waals surface area contributed by atoms with E-state index in [0.717, 1.165) is 82.1 Å². The third-order valence-corrected chi connectivity index (χ3v) is 8.25. The predicted molar refractivity (Wildman–Crippen MR) is 167 cm³/mol. The van der Waals surface area contributed by atoms with Crippen molar-refractivity contribution in [3.63, 3.8) is 0 Å². The number of carbonyl (C=O) groups excluding carboxylic acids is 1. The van der Waals surface area contributed by atoms with E-state index in [1.165, 1.54) is 11.8 Å². The van der Waals surface area contributed by atoms with Crippen molar-refractivity contribution in [3.8, 4) is 33.5 Å². The number of aromatic nitrogens is 4. The van der Waals surface area contributed by atoms with Crippen molar-refractivity contribution in [1.29, 1.82) is 0 Å². The molecule has 208 valence electrons. The molecule has 1 amide bonds. The van der Waals surface area contributed by atoms with Gasteiger partial charge in [0.2, 0.25) is 5.91 Å². The number of nitrogens with zero attached hydrogens (tertiary/aromatic N) is 6. The van der Waals surface area contributed by atoms with Gasteiger partial charge < -0.3 is 19.7 Å². The van der Waals surface area contributed by atoms with E-state index < -0.39 is 0 Å². The van der Waals surface area contributed by atoms with E-state index in [1.807, 2.05) is 42.3 Å². The molecular weight excluding hydrogens is 510 g/mol. The zero-order chi connectivity index (χ0) is 28.7. The van der Waals surface area contributed by atoms with E-state index in [2.05, 4.69) is 76.8 Å². The van der Waals surface area contributed by atoms with Gasteiger partial charge in [0.05, 0.1) is 11.9 Å². The minimum atomic E-state index is -0.156. The largest absolute Gasteiger partial charge is 0.369 e. The number of piperazine rings is 1. The van der Waals surface area contributed by atoms with Gasteiger partial charge in [0.1, 0.15) is 5.65 Å². The molecule has 1 aliphatic rings. The summed E-state index contributed by atoms with van der Waals surface area (Å²) in [5, 5.41) is 5.45. The Balaban J connectivity index is 1.49. The highest BCUT2D eigenvalue weighted by Crippen LogP contribution is 2.41. The number of hydrogen-bond donors (Lipinski definition) is 1.